The Labute approximate surface area is 66.3 Å². The summed E-state index contributed by atoms with van der Waals surface area (Å²) in [6, 6.07) is 1.63. The van der Waals surface area contributed by atoms with Crippen LogP contribution in [0.15, 0.2) is 17.4 Å². The molecule has 0 aromatic carbocycles. The Kier molecular flexibility index (Phi) is 1.90. The van der Waals surface area contributed by atoms with Gasteiger partial charge in [-0.3, -0.25) is 4.35 Å². The zero-order valence-electron chi connectivity index (χ0n) is 6.90. The van der Waals surface area contributed by atoms with Crippen LogP contribution in [0.5, 0.6) is 0 Å². The topological polar surface area (TPSA) is 47.2 Å². The van der Waals surface area contributed by atoms with Gasteiger partial charge in [-0.05, 0) is 24.8 Å². The normalized spacial score (nSPS) is 11.5. The molecule has 5 heteroatoms. The van der Waals surface area contributed by atoms with Crippen LogP contribution in [-0.2, 0) is 0 Å². The van der Waals surface area contributed by atoms with E-state index in [1.54, 1.807) is 6.07 Å². The summed E-state index contributed by atoms with van der Waals surface area (Å²) in [5, 5.41) is 6.74. The van der Waals surface area contributed by atoms with Crippen LogP contribution in [0.25, 0.3) is 0 Å². The smallest absolute Gasteiger partial charge is 0.216 e. The molecule has 0 unspecified atom stereocenters. The molecule has 0 N–H and O–H groups in total. The highest BCUT2D eigenvalue weighted by molar-refractivity contribution is 6.74. The van der Waals surface area contributed by atoms with Crippen molar-refractivity contribution >= 4 is 14.1 Å². The lowest BCUT2D eigenvalue weighted by Gasteiger charge is -2.15. The van der Waals surface area contributed by atoms with Gasteiger partial charge in [0.15, 0.2) is 8.24 Å². The van der Waals surface area contributed by atoms with Crippen LogP contribution in [0.2, 0.25) is 19.6 Å². The highest BCUT2D eigenvalue weighted by atomic mass is 28.3. The standard InChI is InChI=1S/C6H11N3OSi/c1-11(2,3)9-5-4-6(7-9)8-10/h4-5H,1-3H3. The van der Waals surface area contributed by atoms with Crippen LogP contribution in [0, 0.1) is 4.91 Å². The Balaban J connectivity index is 2.98. The summed E-state index contributed by atoms with van der Waals surface area (Å²) in [6.45, 7) is 6.44. The number of rotatable bonds is 2. The molecule has 1 aromatic rings. The minimum atomic E-state index is -1.42. The van der Waals surface area contributed by atoms with Gasteiger partial charge in [-0.15, -0.1) is 4.91 Å². The molecule has 0 aliphatic heterocycles. The molecular weight excluding hydrogens is 158 g/mol. The first kappa shape index (κ1) is 8.13. The maximum absolute atomic E-state index is 10.0. The van der Waals surface area contributed by atoms with E-state index in [1.165, 1.54) is 0 Å². The molecule has 0 amide bonds. The molecule has 1 rings (SSSR count). The molecule has 1 aromatic heterocycles. The molecule has 0 radical (unpaired) electrons. The van der Waals surface area contributed by atoms with Crippen molar-refractivity contribution in [1.82, 2.24) is 9.45 Å². The van der Waals surface area contributed by atoms with Crippen molar-refractivity contribution < 1.29 is 0 Å². The fraction of sp³-hybridized carbons (Fsp3) is 0.500. The molecular formula is C6H11N3OSi. The van der Waals surface area contributed by atoms with Crippen LogP contribution in [0.1, 0.15) is 0 Å². The molecule has 60 valence electrons. The number of aromatic nitrogens is 2. The number of hydrogen-bond acceptors (Lipinski definition) is 3. The highest BCUT2D eigenvalue weighted by Gasteiger charge is 2.17. The number of hydrogen-bond donors (Lipinski definition) is 0. The maximum Gasteiger partial charge on any atom is 0.216 e. The Hall–Kier alpha value is -0.973. The fourth-order valence-electron chi connectivity index (χ4n) is 0.737. The van der Waals surface area contributed by atoms with Gasteiger partial charge in [0.05, 0.1) is 0 Å². The summed E-state index contributed by atoms with van der Waals surface area (Å²) >= 11 is 0. The van der Waals surface area contributed by atoms with Gasteiger partial charge in [0.25, 0.3) is 0 Å². The quantitative estimate of drug-likeness (QED) is 0.502. The Morgan fingerprint density at radius 2 is 2.18 bits per heavy atom. The first-order valence-corrected chi connectivity index (χ1v) is 6.88. The Bertz CT molecular complexity index is 263. The van der Waals surface area contributed by atoms with Gasteiger partial charge in [0, 0.05) is 12.3 Å². The molecule has 0 atom stereocenters. The Morgan fingerprint density at radius 1 is 1.55 bits per heavy atom. The fourth-order valence-corrected chi connectivity index (χ4v) is 1.66. The van der Waals surface area contributed by atoms with Gasteiger partial charge in [-0.2, -0.15) is 5.10 Å². The molecule has 0 aliphatic rings. The van der Waals surface area contributed by atoms with E-state index in [0.717, 1.165) is 0 Å². The van der Waals surface area contributed by atoms with Crippen LogP contribution in [0.3, 0.4) is 0 Å². The zero-order valence-corrected chi connectivity index (χ0v) is 7.90. The summed E-state index contributed by atoms with van der Waals surface area (Å²) in [6.07, 6.45) is 1.81. The average molecular weight is 169 g/mol. The second-order valence-electron chi connectivity index (χ2n) is 3.38. The van der Waals surface area contributed by atoms with Crippen molar-refractivity contribution in [2.24, 2.45) is 5.18 Å². The van der Waals surface area contributed by atoms with Crippen LogP contribution < -0.4 is 0 Å². The third-order valence-corrected chi connectivity index (χ3v) is 2.98. The van der Waals surface area contributed by atoms with Gasteiger partial charge < -0.3 is 0 Å². The molecule has 0 fully saturated rings. The SMILES string of the molecule is C[Si](C)(C)n1ccc(N=O)n1. The lowest BCUT2D eigenvalue weighted by molar-refractivity contribution is 0.932. The van der Waals surface area contributed by atoms with E-state index >= 15 is 0 Å². The van der Waals surface area contributed by atoms with E-state index in [9.17, 15) is 4.91 Å². The van der Waals surface area contributed by atoms with Gasteiger partial charge >= 0.3 is 0 Å². The van der Waals surface area contributed by atoms with E-state index in [4.69, 9.17) is 0 Å². The van der Waals surface area contributed by atoms with Gasteiger partial charge in [0.2, 0.25) is 5.82 Å². The predicted molar refractivity (Wildman–Crippen MR) is 46.4 cm³/mol. The lowest BCUT2D eigenvalue weighted by Crippen LogP contribution is -2.32. The summed E-state index contributed by atoms with van der Waals surface area (Å²) in [5.74, 6) is 0.271. The molecule has 11 heavy (non-hydrogen) atoms. The molecule has 4 nitrogen and oxygen atoms in total. The van der Waals surface area contributed by atoms with Crippen molar-refractivity contribution in [3.8, 4) is 0 Å². The molecule has 0 spiro atoms. The van der Waals surface area contributed by atoms with E-state index in [0.29, 0.717) is 0 Å². The first-order chi connectivity index (χ1) is 5.04. The summed E-state index contributed by atoms with van der Waals surface area (Å²) in [4.78, 5) is 10.0. The van der Waals surface area contributed by atoms with Gasteiger partial charge in [-0.25, -0.2) is 0 Å². The van der Waals surface area contributed by atoms with Crippen molar-refractivity contribution in [3.63, 3.8) is 0 Å². The minimum Gasteiger partial charge on any atom is -0.300 e. The third-order valence-electron chi connectivity index (χ3n) is 1.36. The highest BCUT2D eigenvalue weighted by Crippen LogP contribution is 2.10. The molecule has 0 saturated carbocycles. The Morgan fingerprint density at radius 3 is 2.45 bits per heavy atom. The van der Waals surface area contributed by atoms with Crippen molar-refractivity contribution in [3.05, 3.63) is 17.2 Å². The second kappa shape index (κ2) is 2.58. The van der Waals surface area contributed by atoms with Crippen LogP contribution in [-0.4, -0.2) is 17.7 Å². The molecule has 0 bridgehead atoms. The van der Waals surface area contributed by atoms with Crippen LogP contribution in [0.4, 0.5) is 5.82 Å². The molecule has 0 aliphatic carbocycles. The van der Waals surface area contributed by atoms with E-state index in [2.05, 4.69) is 29.9 Å². The minimum absolute atomic E-state index is 0.271. The summed E-state index contributed by atoms with van der Waals surface area (Å²) in [7, 11) is -1.42. The first-order valence-electron chi connectivity index (χ1n) is 3.43. The van der Waals surface area contributed by atoms with E-state index in [-0.39, 0.29) is 5.82 Å². The van der Waals surface area contributed by atoms with E-state index < -0.39 is 8.24 Å². The number of nitroso groups, excluding NO2 is 1. The summed E-state index contributed by atoms with van der Waals surface area (Å²) < 4.78 is 1.85. The lowest BCUT2D eigenvalue weighted by atomic mass is 10.7. The van der Waals surface area contributed by atoms with E-state index in [1.807, 2.05) is 10.5 Å². The summed E-state index contributed by atoms with van der Waals surface area (Å²) in [5.41, 5.74) is 0. The molecule has 1 heterocycles. The zero-order chi connectivity index (χ0) is 8.48. The largest absolute Gasteiger partial charge is 0.300 e. The van der Waals surface area contributed by atoms with Crippen molar-refractivity contribution in [1.29, 1.82) is 0 Å². The third kappa shape index (κ3) is 1.74. The monoisotopic (exact) mass is 169 g/mol. The van der Waals surface area contributed by atoms with Gasteiger partial charge in [0.1, 0.15) is 0 Å². The van der Waals surface area contributed by atoms with Gasteiger partial charge in [-0.1, -0.05) is 0 Å². The maximum atomic E-state index is 10.0. The number of nitrogens with zero attached hydrogens (tertiary/aromatic N) is 3. The van der Waals surface area contributed by atoms with Crippen LogP contribution >= 0.6 is 0 Å². The van der Waals surface area contributed by atoms with Crippen molar-refractivity contribution in [2.45, 2.75) is 19.6 Å². The average Bonchev–Trinajstić information content (AvgIpc) is 2.32. The second-order valence-corrected chi connectivity index (χ2v) is 8.18. The predicted octanol–water partition coefficient (Wildman–Crippen LogP) is 1.96. The molecule has 0 saturated heterocycles. The van der Waals surface area contributed by atoms with Crippen molar-refractivity contribution in [2.75, 3.05) is 0 Å².